The number of methoxy groups -OCH3 is 1. The van der Waals surface area contributed by atoms with Crippen LogP contribution in [-0.2, 0) is 22.7 Å². The van der Waals surface area contributed by atoms with Crippen LogP contribution in [0.4, 0.5) is 4.39 Å². The van der Waals surface area contributed by atoms with Gasteiger partial charge >= 0.3 is 0 Å². The summed E-state index contributed by atoms with van der Waals surface area (Å²) in [5, 5.41) is 11.3. The number of halogens is 1. The molecule has 0 aliphatic heterocycles. The number of carbonyl (C=O) groups excluding carboxylic acids is 2. The number of rotatable bonds is 11. The molecule has 1 heterocycles. The minimum absolute atomic E-state index is 0.0924. The number of benzene rings is 3. The van der Waals surface area contributed by atoms with Gasteiger partial charge in [-0.15, -0.1) is 5.10 Å². The molecule has 0 spiro atoms. The van der Waals surface area contributed by atoms with Gasteiger partial charge in [-0.2, -0.15) is 0 Å². The standard InChI is InChI=1S/C29H32FN5O3/c1-20(2)16-17-31-29(37)28(21-12-14-23(30)15-13-21)34(18-22-8-4-7-11-26(22)38-3)27(36)19-35-25-10-6-5-9-24(25)32-33-35/h4-15,20,28H,16-19H2,1-3H3,(H,31,37)/t28-/m1/s1. The van der Waals surface area contributed by atoms with Crippen LogP contribution in [0.15, 0.2) is 72.8 Å². The zero-order chi connectivity index (χ0) is 27.1. The summed E-state index contributed by atoms with van der Waals surface area (Å²) >= 11 is 0. The number of carbonyl (C=O) groups is 2. The maximum absolute atomic E-state index is 14.0. The van der Waals surface area contributed by atoms with E-state index in [0.29, 0.717) is 34.8 Å². The van der Waals surface area contributed by atoms with Crippen molar-refractivity contribution in [2.75, 3.05) is 13.7 Å². The van der Waals surface area contributed by atoms with Crippen molar-refractivity contribution >= 4 is 22.8 Å². The molecule has 1 aromatic heterocycles. The highest BCUT2D eigenvalue weighted by molar-refractivity contribution is 5.89. The Morgan fingerprint density at radius 1 is 1.03 bits per heavy atom. The second-order valence-electron chi connectivity index (χ2n) is 9.50. The van der Waals surface area contributed by atoms with Gasteiger partial charge in [0.1, 0.15) is 29.7 Å². The molecule has 0 aliphatic rings. The molecule has 0 aliphatic carbocycles. The first-order valence-corrected chi connectivity index (χ1v) is 12.6. The Hall–Kier alpha value is -4.27. The summed E-state index contributed by atoms with van der Waals surface area (Å²) in [7, 11) is 1.56. The van der Waals surface area contributed by atoms with Crippen molar-refractivity contribution in [2.24, 2.45) is 5.92 Å². The summed E-state index contributed by atoms with van der Waals surface area (Å²) in [5.41, 5.74) is 2.60. The number of hydrogen-bond donors (Lipinski definition) is 1. The summed E-state index contributed by atoms with van der Waals surface area (Å²) in [6.45, 7) is 4.56. The Balaban J connectivity index is 1.74. The second kappa shape index (κ2) is 12.3. The van der Waals surface area contributed by atoms with Crippen LogP contribution in [0.5, 0.6) is 5.75 Å². The average Bonchev–Trinajstić information content (AvgIpc) is 3.32. The molecule has 38 heavy (non-hydrogen) atoms. The van der Waals surface area contributed by atoms with Crippen LogP contribution < -0.4 is 10.1 Å². The largest absolute Gasteiger partial charge is 0.496 e. The lowest BCUT2D eigenvalue weighted by Crippen LogP contribution is -2.45. The van der Waals surface area contributed by atoms with Crippen LogP contribution in [0.3, 0.4) is 0 Å². The van der Waals surface area contributed by atoms with Crippen molar-refractivity contribution in [3.63, 3.8) is 0 Å². The zero-order valence-electron chi connectivity index (χ0n) is 21.8. The Morgan fingerprint density at radius 3 is 2.47 bits per heavy atom. The third-order valence-corrected chi connectivity index (χ3v) is 6.33. The molecule has 3 aromatic carbocycles. The predicted molar refractivity (Wildman–Crippen MR) is 143 cm³/mol. The van der Waals surface area contributed by atoms with Crippen LogP contribution in [0.25, 0.3) is 11.0 Å². The van der Waals surface area contributed by atoms with Crippen LogP contribution in [0.2, 0.25) is 0 Å². The molecule has 4 aromatic rings. The number of ether oxygens (including phenoxy) is 1. The fourth-order valence-electron chi connectivity index (χ4n) is 4.29. The van der Waals surface area contributed by atoms with Gasteiger partial charge in [-0.05, 0) is 48.2 Å². The number of nitrogens with zero attached hydrogens (tertiary/aromatic N) is 4. The molecule has 0 fully saturated rings. The first-order valence-electron chi connectivity index (χ1n) is 12.6. The summed E-state index contributed by atoms with van der Waals surface area (Å²) in [5.74, 6) is -0.130. The molecule has 0 unspecified atom stereocenters. The monoisotopic (exact) mass is 517 g/mol. The SMILES string of the molecule is COc1ccccc1CN(C(=O)Cn1nnc2ccccc21)[C@@H](C(=O)NCCC(C)C)c1ccc(F)cc1. The van der Waals surface area contributed by atoms with Crippen LogP contribution in [-0.4, -0.2) is 45.4 Å². The van der Waals surface area contributed by atoms with Crippen molar-refractivity contribution in [1.82, 2.24) is 25.2 Å². The maximum Gasteiger partial charge on any atom is 0.247 e. The van der Waals surface area contributed by atoms with Crippen molar-refractivity contribution < 1.29 is 18.7 Å². The van der Waals surface area contributed by atoms with E-state index in [9.17, 15) is 14.0 Å². The van der Waals surface area contributed by atoms with E-state index in [0.717, 1.165) is 12.0 Å². The highest BCUT2D eigenvalue weighted by atomic mass is 19.1. The van der Waals surface area contributed by atoms with E-state index in [1.165, 1.54) is 33.8 Å². The molecule has 1 atom stereocenters. The lowest BCUT2D eigenvalue weighted by Gasteiger charge is -2.32. The minimum Gasteiger partial charge on any atom is -0.496 e. The molecule has 0 radical (unpaired) electrons. The predicted octanol–water partition coefficient (Wildman–Crippen LogP) is 4.51. The molecule has 8 nitrogen and oxygen atoms in total. The summed E-state index contributed by atoms with van der Waals surface area (Å²) in [6.07, 6.45) is 0.785. The number of hydrogen-bond acceptors (Lipinski definition) is 5. The van der Waals surface area contributed by atoms with E-state index in [4.69, 9.17) is 4.74 Å². The van der Waals surface area contributed by atoms with Crippen molar-refractivity contribution in [3.05, 3.63) is 89.7 Å². The Bertz CT molecular complexity index is 1390. The highest BCUT2D eigenvalue weighted by Gasteiger charge is 2.32. The van der Waals surface area contributed by atoms with Gasteiger partial charge in [0.15, 0.2) is 0 Å². The number of aromatic nitrogens is 3. The summed E-state index contributed by atoms with van der Waals surface area (Å²) in [6, 6.07) is 19.4. The van der Waals surface area contributed by atoms with Crippen LogP contribution in [0.1, 0.15) is 37.4 Å². The second-order valence-corrected chi connectivity index (χ2v) is 9.50. The van der Waals surface area contributed by atoms with E-state index in [2.05, 4.69) is 29.5 Å². The van der Waals surface area contributed by atoms with Gasteiger partial charge in [0.05, 0.1) is 19.2 Å². The van der Waals surface area contributed by atoms with E-state index in [-0.39, 0.29) is 24.9 Å². The molecule has 4 rings (SSSR count). The smallest absolute Gasteiger partial charge is 0.247 e. The average molecular weight is 518 g/mol. The number of fused-ring (bicyclic) bond motifs is 1. The van der Waals surface area contributed by atoms with E-state index >= 15 is 0 Å². The minimum atomic E-state index is -1.00. The van der Waals surface area contributed by atoms with Gasteiger partial charge in [-0.25, -0.2) is 9.07 Å². The summed E-state index contributed by atoms with van der Waals surface area (Å²) < 4.78 is 20.9. The quantitative estimate of drug-likeness (QED) is 0.316. The number of nitrogens with one attached hydrogen (secondary N) is 1. The molecule has 198 valence electrons. The Kier molecular flexibility index (Phi) is 8.68. The van der Waals surface area contributed by atoms with E-state index < -0.39 is 11.9 Å². The fraction of sp³-hybridized carbons (Fsp3) is 0.310. The molecule has 0 bridgehead atoms. The molecule has 0 saturated carbocycles. The highest BCUT2D eigenvalue weighted by Crippen LogP contribution is 2.28. The lowest BCUT2D eigenvalue weighted by atomic mass is 10.0. The summed E-state index contributed by atoms with van der Waals surface area (Å²) in [4.78, 5) is 29.1. The van der Waals surface area contributed by atoms with Crippen molar-refractivity contribution in [3.8, 4) is 5.75 Å². The number of para-hydroxylation sites is 2. The van der Waals surface area contributed by atoms with Crippen molar-refractivity contribution in [2.45, 2.75) is 39.4 Å². The van der Waals surface area contributed by atoms with E-state index in [1.54, 1.807) is 13.2 Å². The molecule has 0 saturated heterocycles. The molecule has 2 amide bonds. The zero-order valence-corrected chi connectivity index (χ0v) is 21.8. The normalized spacial score (nSPS) is 11.9. The fourth-order valence-corrected chi connectivity index (χ4v) is 4.29. The van der Waals surface area contributed by atoms with Gasteiger partial charge in [-0.3, -0.25) is 9.59 Å². The maximum atomic E-state index is 14.0. The number of amides is 2. The van der Waals surface area contributed by atoms with Crippen LogP contribution in [0, 0.1) is 11.7 Å². The molecular formula is C29H32FN5O3. The first-order chi connectivity index (χ1) is 18.4. The van der Waals surface area contributed by atoms with Gasteiger partial charge in [-0.1, -0.05) is 61.5 Å². The van der Waals surface area contributed by atoms with Crippen LogP contribution >= 0.6 is 0 Å². The molecule has 1 N–H and O–H groups in total. The molecule has 9 heteroatoms. The van der Waals surface area contributed by atoms with Gasteiger partial charge in [0, 0.05) is 12.1 Å². The van der Waals surface area contributed by atoms with Gasteiger partial charge in [0.25, 0.3) is 0 Å². The third kappa shape index (κ3) is 6.34. The lowest BCUT2D eigenvalue weighted by molar-refractivity contribution is -0.142. The molecular weight excluding hydrogens is 485 g/mol. The van der Waals surface area contributed by atoms with Crippen molar-refractivity contribution in [1.29, 1.82) is 0 Å². The first kappa shape index (κ1) is 26.8. The van der Waals surface area contributed by atoms with Gasteiger partial charge < -0.3 is 15.0 Å². The van der Waals surface area contributed by atoms with E-state index in [1.807, 2.05) is 42.5 Å². The van der Waals surface area contributed by atoms with Gasteiger partial charge in [0.2, 0.25) is 11.8 Å². The third-order valence-electron chi connectivity index (χ3n) is 6.33. The Labute approximate surface area is 221 Å². The Morgan fingerprint density at radius 2 is 1.74 bits per heavy atom. The topological polar surface area (TPSA) is 89.3 Å².